The molecular formula is C30H22ClN5OS. The lowest BCUT2D eigenvalue weighted by Gasteiger charge is -2.31. The number of anilines is 2. The first kappa shape index (κ1) is 24.0. The molecule has 1 aromatic heterocycles. The van der Waals surface area contributed by atoms with Gasteiger partial charge >= 0.3 is 0 Å². The van der Waals surface area contributed by atoms with Gasteiger partial charge in [0.2, 0.25) is 0 Å². The molecule has 0 bridgehead atoms. The molecule has 0 saturated carbocycles. The summed E-state index contributed by atoms with van der Waals surface area (Å²) in [6.07, 6.45) is 3.52. The second-order valence-electron chi connectivity index (χ2n) is 8.64. The minimum atomic E-state index is -0.221. The lowest BCUT2D eigenvalue weighted by molar-refractivity contribution is -0.119. The molecule has 1 amide bonds. The van der Waals surface area contributed by atoms with Gasteiger partial charge in [0.1, 0.15) is 12.2 Å². The van der Waals surface area contributed by atoms with E-state index in [1.165, 1.54) is 0 Å². The fourth-order valence-corrected chi connectivity index (χ4v) is 5.55. The number of benzene rings is 4. The molecule has 8 heteroatoms. The van der Waals surface area contributed by atoms with Gasteiger partial charge in [-0.3, -0.25) is 4.79 Å². The number of nitrogens with zero attached hydrogens (tertiary/aromatic N) is 4. The third kappa shape index (κ3) is 4.94. The van der Waals surface area contributed by atoms with Gasteiger partial charge in [0.15, 0.2) is 0 Å². The molecule has 2 heterocycles. The Kier molecular flexibility index (Phi) is 6.69. The van der Waals surface area contributed by atoms with E-state index >= 15 is 0 Å². The lowest BCUT2D eigenvalue weighted by Crippen LogP contribution is -2.33. The van der Waals surface area contributed by atoms with Gasteiger partial charge in [0.25, 0.3) is 5.91 Å². The molecular weight excluding hydrogens is 514 g/mol. The van der Waals surface area contributed by atoms with Crippen LogP contribution in [0.25, 0.3) is 16.9 Å². The van der Waals surface area contributed by atoms with E-state index in [2.05, 4.69) is 22.7 Å². The molecule has 4 aromatic carbocycles. The fourth-order valence-electron chi connectivity index (χ4n) is 4.33. The Labute approximate surface area is 229 Å². The van der Waals surface area contributed by atoms with Crippen LogP contribution in [0.2, 0.25) is 5.02 Å². The van der Waals surface area contributed by atoms with Crippen LogP contribution in [-0.2, 0) is 4.79 Å². The van der Waals surface area contributed by atoms with Crippen molar-refractivity contribution < 1.29 is 4.79 Å². The number of nitrogens with one attached hydrogen (secondary N) is 1. The molecule has 0 spiro atoms. The molecule has 186 valence electrons. The molecule has 6 rings (SSSR count). The van der Waals surface area contributed by atoms with Gasteiger partial charge in [-0.1, -0.05) is 78.0 Å². The van der Waals surface area contributed by atoms with Crippen molar-refractivity contribution in [3.8, 4) is 16.9 Å². The predicted octanol–water partition coefficient (Wildman–Crippen LogP) is 6.95. The van der Waals surface area contributed by atoms with Gasteiger partial charge < -0.3 is 4.90 Å². The van der Waals surface area contributed by atoms with Crippen LogP contribution in [0.5, 0.6) is 0 Å². The zero-order chi connectivity index (χ0) is 25.9. The number of carbonyl (C=O) groups is 1. The molecule has 1 aliphatic heterocycles. The van der Waals surface area contributed by atoms with E-state index in [4.69, 9.17) is 16.7 Å². The number of carbonyl (C=O) groups excluding carboxylic acids is 1. The van der Waals surface area contributed by atoms with Crippen molar-refractivity contribution in [2.45, 2.75) is 9.79 Å². The highest BCUT2D eigenvalue weighted by molar-refractivity contribution is 7.99. The molecule has 5 aromatic rings. The quantitative estimate of drug-likeness (QED) is 0.189. The standard InChI is InChI=1S/C30H22ClN5OS/c31-23-16-14-21(15-17-23)30-22(19-36(34-30)24-8-2-1-3-9-24)18-32-33-29(37)20-35-25-10-4-6-12-27(25)38-28-13-7-5-11-26(28)35/h1-19H,20H2,(H,33,37)/b32-18+. The average Bonchev–Trinajstić information content (AvgIpc) is 3.38. The number of rotatable bonds is 6. The Bertz CT molecular complexity index is 1590. The Balaban J connectivity index is 1.24. The summed E-state index contributed by atoms with van der Waals surface area (Å²) in [5.74, 6) is -0.221. The molecule has 0 aliphatic carbocycles. The highest BCUT2D eigenvalue weighted by Gasteiger charge is 2.24. The lowest BCUT2D eigenvalue weighted by atomic mass is 10.1. The monoisotopic (exact) mass is 535 g/mol. The van der Waals surface area contributed by atoms with Gasteiger partial charge in [0.05, 0.1) is 23.3 Å². The van der Waals surface area contributed by atoms with Crippen molar-refractivity contribution in [2.75, 3.05) is 11.4 Å². The molecule has 38 heavy (non-hydrogen) atoms. The van der Waals surface area contributed by atoms with Crippen LogP contribution in [0, 0.1) is 0 Å². The van der Waals surface area contributed by atoms with Crippen LogP contribution in [0.3, 0.4) is 0 Å². The van der Waals surface area contributed by atoms with E-state index in [-0.39, 0.29) is 12.5 Å². The van der Waals surface area contributed by atoms with E-state index in [1.54, 1.807) is 22.7 Å². The van der Waals surface area contributed by atoms with Crippen LogP contribution in [0.15, 0.2) is 124 Å². The summed E-state index contributed by atoms with van der Waals surface area (Å²) < 4.78 is 1.80. The Morgan fingerprint density at radius 1 is 0.868 bits per heavy atom. The number of hydrogen-bond donors (Lipinski definition) is 1. The third-order valence-electron chi connectivity index (χ3n) is 6.11. The third-order valence-corrected chi connectivity index (χ3v) is 7.49. The molecule has 0 atom stereocenters. The second kappa shape index (κ2) is 10.6. The Morgan fingerprint density at radius 3 is 2.18 bits per heavy atom. The van der Waals surface area contributed by atoms with Gasteiger partial charge in [-0.15, -0.1) is 0 Å². The first-order valence-electron chi connectivity index (χ1n) is 12.0. The van der Waals surface area contributed by atoms with Gasteiger partial charge in [0, 0.05) is 32.1 Å². The normalized spacial score (nSPS) is 12.3. The van der Waals surface area contributed by atoms with Crippen molar-refractivity contribution in [2.24, 2.45) is 5.10 Å². The Morgan fingerprint density at radius 2 is 1.50 bits per heavy atom. The molecule has 6 nitrogen and oxygen atoms in total. The van der Waals surface area contributed by atoms with Crippen LogP contribution in [0.4, 0.5) is 11.4 Å². The number of amides is 1. The first-order valence-corrected chi connectivity index (χ1v) is 13.2. The van der Waals surface area contributed by atoms with Crippen molar-refractivity contribution in [1.29, 1.82) is 0 Å². The molecule has 0 fully saturated rings. The number of hydrogen-bond acceptors (Lipinski definition) is 5. The zero-order valence-corrected chi connectivity index (χ0v) is 21.7. The highest BCUT2D eigenvalue weighted by atomic mass is 35.5. The van der Waals surface area contributed by atoms with Crippen LogP contribution in [-0.4, -0.2) is 28.4 Å². The second-order valence-corrected chi connectivity index (χ2v) is 10.2. The molecule has 0 radical (unpaired) electrons. The van der Waals surface area contributed by atoms with Crippen molar-refractivity contribution in [3.63, 3.8) is 0 Å². The molecule has 0 saturated heterocycles. The average molecular weight is 536 g/mol. The van der Waals surface area contributed by atoms with E-state index in [0.717, 1.165) is 43.7 Å². The zero-order valence-electron chi connectivity index (χ0n) is 20.2. The van der Waals surface area contributed by atoms with Gasteiger partial charge in [-0.25, -0.2) is 10.1 Å². The minimum Gasteiger partial charge on any atom is -0.330 e. The summed E-state index contributed by atoms with van der Waals surface area (Å²) in [6.45, 7) is 0.138. The van der Waals surface area contributed by atoms with Crippen LogP contribution >= 0.6 is 23.4 Å². The maximum Gasteiger partial charge on any atom is 0.260 e. The van der Waals surface area contributed by atoms with E-state index < -0.39 is 0 Å². The number of aromatic nitrogens is 2. The van der Waals surface area contributed by atoms with E-state index in [9.17, 15) is 4.79 Å². The maximum absolute atomic E-state index is 13.0. The van der Waals surface area contributed by atoms with Gasteiger partial charge in [-0.2, -0.15) is 10.2 Å². The molecule has 0 unspecified atom stereocenters. The summed E-state index contributed by atoms with van der Waals surface area (Å²) in [7, 11) is 0. The van der Waals surface area contributed by atoms with E-state index in [0.29, 0.717) is 5.02 Å². The summed E-state index contributed by atoms with van der Waals surface area (Å²) in [5.41, 5.74) is 8.03. The van der Waals surface area contributed by atoms with E-state index in [1.807, 2.05) is 102 Å². The smallest absolute Gasteiger partial charge is 0.260 e. The summed E-state index contributed by atoms with van der Waals surface area (Å²) in [4.78, 5) is 17.3. The molecule has 1 aliphatic rings. The van der Waals surface area contributed by atoms with Crippen molar-refractivity contribution in [1.82, 2.24) is 15.2 Å². The summed E-state index contributed by atoms with van der Waals surface area (Å²) >= 11 is 7.81. The predicted molar refractivity (Wildman–Crippen MR) is 154 cm³/mol. The first-order chi connectivity index (χ1) is 18.7. The fraction of sp³-hybridized carbons (Fsp3) is 0.0333. The highest BCUT2D eigenvalue weighted by Crippen LogP contribution is 2.47. The van der Waals surface area contributed by atoms with Gasteiger partial charge in [-0.05, 0) is 48.5 Å². The minimum absolute atomic E-state index is 0.138. The molecule has 1 N–H and O–H groups in total. The Hall–Kier alpha value is -4.33. The van der Waals surface area contributed by atoms with Crippen molar-refractivity contribution in [3.05, 3.63) is 120 Å². The summed E-state index contributed by atoms with van der Waals surface area (Å²) in [6, 6.07) is 33.5. The number of halogens is 1. The van der Waals surface area contributed by atoms with Crippen LogP contribution in [0.1, 0.15) is 5.56 Å². The summed E-state index contributed by atoms with van der Waals surface area (Å²) in [5, 5.41) is 9.73. The topological polar surface area (TPSA) is 62.5 Å². The number of para-hydroxylation sites is 3. The largest absolute Gasteiger partial charge is 0.330 e. The number of fused-ring (bicyclic) bond motifs is 2. The number of hydrazone groups is 1. The van der Waals surface area contributed by atoms with Crippen LogP contribution < -0.4 is 10.3 Å². The SMILES string of the molecule is O=C(CN1c2ccccc2Sc2ccccc21)N/N=C/c1cn(-c2ccccc2)nc1-c1ccc(Cl)cc1. The van der Waals surface area contributed by atoms with Crippen molar-refractivity contribution >= 4 is 46.9 Å². The maximum atomic E-state index is 13.0.